The molecule has 1 atom stereocenters. The molecule has 1 aliphatic heterocycles. The maximum Gasteiger partial charge on any atom is 0.282 e. The van der Waals surface area contributed by atoms with Crippen LogP contribution in [0.1, 0.15) is 18.1 Å². The Hall–Kier alpha value is -2.99. The first-order valence-electron chi connectivity index (χ1n) is 9.78. The topological polar surface area (TPSA) is 94.7 Å². The van der Waals surface area contributed by atoms with E-state index in [9.17, 15) is 13.2 Å². The summed E-state index contributed by atoms with van der Waals surface area (Å²) in [5.74, 6) is -0.130. The van der Waals surface area contributed by atoms with Crippen LogP contribution in [-0.2, 0) is 14.8 Å². The molecule has 2 aromatic rings. The average Bonchev–Trinajstić information content (AvgIpc) is 2.78. The van der Waals surface area contributed by atoms with Crippen LogP contribution < -0.4 is 10.2 Å². The molecule has 0 bridgehead atoms. The van der Waals surface area contributed by atoms with E-state index in [0.29, 0.717) is 37.4 Å². The summed E-state index contributed by atoms with van der Waals surface area (Å²) in [6.45, 7) is 3.69. The predicted molar refractivity (Wildman–Crippen MR) is 116 cm³/mol. The van der Waals surface area contributed by atoms with Gasteiger partial charge in [-0.25, -0.2) is 8.42 Å². The number of nitrogens with one attached hydrogen (secondary N) is 2. The lowest BCUT2D eigenvalue weighted by Crippen LogP contribution is -3.19. The molecule has 30 heavy (non-hydrogen) atoms. The van der Waals surface area contributed by atoms with Gasteiger partial charge in [-0.2, -0.15) is 9.57 Å². The van der Waals surface area contributed by atoms with Gasteiger partial charge in [-0.15, -0.1) is 0 Å². The molecule has 2 aromatic carbocycles. The van der Waals surface area contributed by atoms with E-state index in [2.05, 4.69) is 5.32 Å². The summed E-state index contributed by atoms with van der Waals surface area (Å²) in [5.41, 5.74) is 2.00. The van der Waals surface area contributed by atoms with E-state index in [1.54, 1.807) is 30.3 Å². The molecule has 0 aliphatic carbocycles. The Morgan fingerprint density at radius 2 is 1.77 bits per heavy atom. The summed E-state index contributed by atoms with van der Waals surface area (Å²) >= 11 is 0. The second-order valence-corrected chi connectivity index (χ2v) is 9.03. The van der Waals surface area contributed by atoms with Crippen molar-refractivity contribution in [2.75, 3.05) is 31.5 Å². The van der Waals surface area contributed by atoms with Crippen LogP contribution in [0.2, 0.25) is 0 Å². The van der Waals surface area contributed by atoms with Crippen LogP contribution in [0.15, 0.2) is 60.0 Å². The fraction of sp³-hybridized carbons (Fsp3) is 0.273. The van der Waals surface area contributed by atoms with Gasteiger partial charge < -0.3 is 10.2 Å². The number of piperazine rings is 1. The van der Waals surface area contributed by atoms with E-state index < -0.39 is 10.0 Å². The Kier molecular flexibility index (Phi) is 7.00. The third-order valence-electron chi connectivity index (χ3n) is 5.24. The van der Waals surface area contributed by atoms with Crippen molar-refractivity contribution in [3.8, 4) is 6.07 Å². The summed E-state index contributed by atoms with van der Waals surface area (Å²) in [4.78, 5) is 13.6. The van der Waals surface area contributed by atoms with Gasteiger partial charge in [0.1, 0.15) is 0 Å². The van der Waals surface area contributed by atoms with Gasteiger partial charge in [-0.05, 0) is 42.8 Å². The molecule has 7 nitrogen and oxygen atoms in total. The van der Waals surface area contributed by atoms with E-state index in [-0.39, 0.29) is 11.9 Å². The lowest BCUT2D eigenvalue weighted by Gasteiger charge is -2.33. The highest BCUT2D eigenvalue weighted by Crippen LogP contribution is 2.10. The molecule has 0 aromatic heterocycles. The molecular weight excluding hydrogens is 400 g/mol. The molecule has 1 amide bonds. The highest BCUT2D eigenvalue weighted by Gasteiger charge is 2.32. The first-order chi connectivity index (χ1) is 14.4. The van der Waals surface area contributed by atoms with E-state index in [4.69, 9.17) is 5.26 Å². The number of hydrogen-bond donors (Lipinski definition) is 2. The second kappa shape index (κ2) is 9.67. The van der Waals surface area contributed by atoms with E-state index in [0.717, 1.165) is 10.5 Å². The number of benzene rings is 2. The minimum Gasteiger partial charge on any atom is -0.323 e. The lowest BCUT2D eigenvalue weighted by molar-refractivity contribution is -0.917. The number of hydrogen-bond acceptors (Lipinski definition) is 4. The minimum atomic E-state index is -3.49. The summed E-state index contributed by atoms with van der Waals surface area (Å²) in [7, 11) is -3.49. The third kappa shape index (κ3) is 5.54. The van der Waals surface area contributed by atoms with Crippen molar-refractivity contribution < 1.29 is 18.1 Å². The van der Waals surface area contributed by atoms with Crippen LogP contribution in [0.25, 0.3) is 6.08 Å². The number of sulfonamides is 1. The molecule has 0 spiro atoms. The van der Waals surface area contributed by atoms with Crippen LogP contribution in [0.4, 0.5) is 5.69 Å². The number of carbonyl (C=O) groups excluding carboxylic acids is 1. The molecule has 8 heteroatoms. The number of anilines is 1. The van der Waals surface area contributed by atoms with Crippen LogP contribution in [-0.4, -0.2) is 50.9 Å². The zero-order chi connectivity index (χ0) is 21.6. The van der Waals surface area contributed by atoms with Crippen molar-refractivity contribution in [3.63, 3.8) is 0 Å². The first kappa shape index (κ1) is 21.7. The monoisotopic (exact) mass is 425 g/mol. The molecule has 156 valence electrons. The van der Waals surface area contributed by atoms with Gasteiger partial charge in [0.25, 0.3) is 5.91 Å². The van der Waals surface area contributed by atoms with Gasteiger partial charge in [0.2, 0.25) is 10.0 Å². The molecule has 1 aliphatic rings. The van der Waals surface area contributed by atoms with Gasteiger partial charge >= 0.3 is 0 Å². The molecule has 0 saturated carbocycles. The number of nitrogens with zero attached hydrogens (tertiary/aromatic N) is 2. The average molecular weight is 426 g/mol. The Bertz CT molecular complexity index is 1040. The van der Waals surface area contributed by atoms with E-state index in [1.165, 1.54) is 9.71 Å². The quantitative estimate of drug-likeness (QED) is 0.724. The van der Waals surface area contributed by atoms with Gasteiger partial charge in [0.05, 0.1) is 37.8 Å². The number of rotatable bonds is 6. The van der Waals surface area contributed by atoms with Gasteiger partial charge in [0, 0.05) is 11.1 Å². The Morgan fingerprint density at radius 1 is 1.13 bits per heavy atom. The Balaban J connectivity index is 1.54. The zero-order valence-electron chi connectivity index (χ0n) is 16.8. The molecule has 3 rings (SSSR count). The first-order valence-corrected chi connectivity index (χ1v) is 11.3. The number of carbonyl (C=O) groups is 1. The van der Waals surface area contributed by atoms with Gasteiger partial charge in [0.15, 0.2) is 6.04 Å². The smallest absolute Gasteiger partial charge is 0.282 e. The highest BCUT2D eigenvalue weighted by atomic mass is 32.2. The fourth-order valence-electron chi connectivity index (χ4n) is 3.34. The van der Waals surface area contributed by atoms with Crippen LogP contribution in [0.5, 0.6) is 0 Å². The molecule has 0 radical (unpaired) electrons. The summed E-state index contributed by atoms with van der Waals surface area (Å²) in [6, 6.07) is 17.7. The summed E-state index contributed by atoms with van der Waals surface area (Å²) in [6.07, 6.45) is 1.60. The van der Waals surface area contributed by atoms with Crippen molar-refractivity contribution in [2.45, 2.75) is 13.0 Å². The molecule has 0 unspecified atom stereocenters. The minimum absolute atomic E-state index is 0.130. The van der Waals surface area contributed by atoms with Crippen molar-refractivity contribution in [1.29, 1.82) is 5.26 Å². The summed E-state index contributed by atoms with van der Waals surface area (Å²) < 4.78 is 26.6. The summed E-state index contributed by atoms with van der Waals surface area (Å²) in [5, 5.41) is 12.9. The van der Waals surface area contributed by atoms with Crippen LogP contribution >= 0.6 is 0 Å². The van der Waals surface area contributed by atoms with E-state index in [1.807, 2.05) is 43.3 Å². The largest absolute Gasteiger partial charge is 0.323 e. The Labute approximate surface area is 177 Å². The third-order valence-corrected chi connectivity index (χ3v) is 6.81. The second-order valence-electron chi connectivity index (χ2n) is 7.22. The normalized spacial score (nSPS) is 16.8. The van der Waals surface area contributed by atoms with Crippen molar-refractivity contribution >= 4 is 27.7 Å². The maximum atomic E-state index is 12.6. The predicted octanol–water partition coefficient (Wildman–Crippen LogP) is 1.09. The van der Waals surface area contributed by atoms with Crippen molar-refractivity contribution in [3.05, 3.63) is 71.1 Å². The number of amides is 1. The van der Waals surface area contributed by atoms with Gasteiger partial charge in [-0.3, -0.25) is 4.79 Å². The number of nitriles is 1. The lowest BCUT2D eigenvalue weighted by atomic mass is 10.2. The molecule has 1 saturated heterocycles. The van der Waals surface area contributed by atoms with Gasteiger partial charge in [-0.1, -0.05) is 30.3 Å². The zero-order valence-corrected chi connectivity index (χ0v) is 17.6. The molecule has 2 N–H and O–H groups in total. The number of quaternary nitrogens is 1. The van der Waals surface area contributed by atoms with E-state index >= 15 is 0 Å². The fourth-order valence-corrected chi connectivity index (χ4v) is 4.53. The maximum absolute atomic E-state index is 12.6. The molecule has 1 heterocycles. The molecular formula is C22H25N4O3S+. The van der Waals surface area contributed by atoms with Crippen LogP contribution in [0, 0.1) is 11.3 Å². The standard InChI is InChI=1S/C22H24N4O3S/c1-18(22(27)24-21-9-7-20(17-23)8-10-21)25-12-14-26(15-13-25)30(28,29)16-11-19-5-3-2-4-6-19/h2-11,16,18H,12-15H2,1H3,(H,24,27)/p+1/b16-11+/t18-/m0/s1. The van der Waals surface area contributed by atoms with Crippen molar-refractivity contribution in [2.24, 2.45) is 0 Å². The highest BCUT2D eigenvalue weighted by molar-refractivity contribution is 7.92. The van der Waals surface area contributed by atoms with Crippen LogP contribution in [0.3, 0.4) is 0 Å². The Morgan fingerprint density at radius 3 is 2.37 bits per heavy atom. The van der Waals surface area contributed by atoms with Crippen molar-refractivity contribution in [1.82, 2.24) is 4.31 Å². The molecule has 1 fully saturated rings. The SMILES string of the molecule is C[C@@H](C(=O)Nc1ccc(C#N)cc1)[NH+]1CCN(S(=O)(=O)/C=C/c2ccccc2)CC1.